The van der Waals surface area contributed by atoms with E-state index in [4.69, 9.17) is 14.2 Å². The van der Waals surface area contributed by atoms with Gasteiger partial charge in [-0.15, -0.1) is 0 Å². The summed E-state index contributed by atoms with van der Waals surface area (Å²) in [6.45, 7) is 0.696. The van der Waals surface area contributed by atoms with Crippen LogP contribution in [0.5, 0.6) is 17.2 Å². The average molecular weight is 392 g/mol. The molecule has 2 N–H and O–H groups in total. The monoisotopic (exact) mass is 392 g/mol. The first kappa shape index (κ1) is 20.1. The highest BCUT2D eigenvalue weighted by molar-refractivity contribution is 6.04. The van der Waals surface area contributed by atoms with Crippen molar-refractivity contribution in [2.75, 3.05) is 32.0 Å². The van der Waals surface area contributed by atoms with Gasteiger partial charge in [0, 0.05) is 23.5 Å². The molecule has 3 aromatic rings. The van der Waals surface area contributed by atoms with Crippen LogP contribution in [-0.2, 0) is 6.54 Å². The van der Waals surface area contributed by atoms with Gasteiger partial charge in [0.2, 0.25) is 0 Å². The molecule has 0 unspecified atom stereocenters. The van der Waals surface area contributed by atoms with Crippen LogP contribution in [0, 0.1) is 0 Å². The highest BCUT2D eigenvalue weighted by atomic mass is 16.5. The van der Waals surface area contributed by atoms with Crippen molar-refractivity contribution >= 4 is 17.3 Å². The molecule has 0 atom stereocenters. The highest BCUT2D eigenvalue weighted by Gasteiger charge is 2.11. The van der Waals surface area contributed by atoms with Gasteiger partial charge in [-0.25, -0.2) is 0 Å². The lowest BCUT2D eigenvalue weighted by molar-refractivity contribution is 0.102. The number of ether oxygens (including phenoxy) is 3. The zero-order valence-electron chi connectivity index (χ0n) is 16.7. The van der Waals surface area contributed by atoms with Gasteiger partial charge in [0.25, 0.3) is 5.91 Å². The molecule has 0 aliphatic heterocycles. The first-order valence-electron chi connectivity index (χ1n) is 9.13. The van der Waals surface area contributed by atoms with E-state index in [2.05, 4.69) is 10.6 Å². The average Bonchev–Trinajstić information content (AvgIpc) is 2.78. The Morgan fingerprint density at radius 3 is 2.03 bits per heavy atom. The fourth-order valence-corrected chi connectivity index (χ4v) is 2.80. The molecule has 3 aromatic carbocycles. The second-order valence-corrected chi connectivity index (χ2v) is 6.30. The topological polar surface area (TPSA) is 68.8 Å². The summed E-state index contributed by atoms with van der Waals surface area (Å²) < 4.78 is 15.6. The van der Waals surface area contributed by atoms with Gasteiger partial charge in [-0.1, -0.05) is 12.1 Å². The summed E-state index contributed by atoms with van der Waals surface area (Å²) in [7, 11) is 4.75. The summed E-state index contributed by atoms with van der Waals surface area (Å²) in [5.41, 5.74) is 3.31. The first-order chi connectivity index (χ1) is 14.1. The van der Waals surface area contributed by atoms with Crippen molar-refractivity contribution < 1.29 is 19.0 Å². The third-order valence-corrected chi connectivity index (χ3v) is 4.44. The largest absolute Gasteiger partial charge is 0.497 e. The molecule has 3 rings (SSSR count). The third kappa shape index (κ3) is 5.19. The van der Waals surface area contributed by atoms with Crippen LogP contribution in [0.25, 0.3) is 0 Å². The van der Waals surface area contributed by atoms with E-state index in [1.165, 1.54) is 7.11 Å². The zero-order valence-corrected chi connectivity index (χ0v) is 16.7. The van der Waals surface area contributed by atoms with Gasteiger partial charge >= 0.3 is 0 Å². The fraction of sp³-hybridized carbons (Fsp3) is 0.174. The zero-order chi connectivity index (χ0) is 20.6. The number of methoxy groups -OCH3 is 3. The molecule has 0 saturated carbocycles. The minimum Gasteiger partial charge on any atom is -0.497 e. The van der Waals surface area contributed by atoms with Crippen LogP contribution >= 0.6 is 0 Å². The van der Waals surface area contributed by atoms with Crippen molar-refractivity contribution in [1.82, 2.24) is 0 Å². The van der Waals surface area contributed by atoms with Crippen LogP contribution in [0.1, 0.15) is 15.9 Å². The molecule has 0 aliphatic carbocycles. The highest BCUT2D eigenvalue weighted by Crippen LogP contribution is 2.28. The molecule has 0 aromatic heterocycles. The molecule has 0 fully saturated rings. The molecule has 29 heavy (non-hydrogen) atoms. The van der Waals surface area contributed by atoms with Crippen LogP contribution in [0.4, 0.5) is 11.4 Å². The van der Waals surface area contributed by atoms with Crippen LogP contribution < -0.4 is 24.8 Å². The van der Waals surface area contributed by atoms with Crippen molar-refractivity contribution in [2.24, 2.45) is 0 Å². The minimum absolute atomic E-state index is 0.218. The number of benzene rings is 3. The number of carbonyl (C=O) groups excluding carboxylic acids is 1. The van der Waals surface area contributed by atoms with Crippen LogP contribution in [0.2, 0.25) is 0 Å². The maximum Gasteiger partial charge on any atom is 0.255 e. The standard InChI is InChI=1S/C23H24N2O4/c1-27-20-11-4-16(5-12-20)15-24-18-7-9-19(10-8-18)25-23(26)17-6-13-21(28-2)22(14-17)29-3/h4-14,24H,15H2,1-3H3,(H,25,26). The smallest absolute Gasteiger partial charge is 0.255 e. The summed E-state index contributed by atoms with van der Waals surface area (Å²) in [5.74, 6) is 1.71. The van der Waals surface area contributed by atoms with Gasteiger partial charge in [-0.05, 0) is 60.2 Å². The summed E-state index contributed by atoms with van der Waals surface area (Å²) in [4.78, 5) is 12.5. The van der Waals surface area contributed by atoms with Crippen molar-refractivity contribution in [3.63, 3.8) is 0 Å². The van der Waals surface area contributed by atoms with E-state index in [1.54, 1.807) is 32.4 Å². The molecular weight excluding hydrogens is 368 g/mol. The maximum absolute atomic E-state index is 12.5. The van der Waals surface area contributed by atoms with Gasteiger partial charge in [-0.3, -0.25) is 4.79 Å². The lowest BCUT2D eigenvalue weighted by Gasteiger charge is -2.11. The Hall–Kier alpha value is -3.67. The number of hydrogen-bond donors (Lipinski definition) is 2. The van der Waals surface area contributed by atoms with E-state index >= 15 is 0 Å². The molecule has 0 heterocycles. The molecule has 0 spiro atoms. The Balaban J connectivity index is 1.59. The van der Waals surface area contributed by atoms with Gasteiger partial charge in [-0.2, -0.15) is 0 Å². The Morgan fingerprint density at radius 1 is 0.759 bits per heavy atom. The summed E-state index contributed by atoms with van der Waals surface area (Å²) in [5, 5.41) is 6.24. The van der Waals surface area contributed by atoms with Crippen LogP contribution in [0.3, 0.4) is 0 Å². The lowest BCUT2D eigenvalue weighted by Crippen LogP contribution is -2.12. The van der Waals surface area contributed by atoms with E-state index in [9.17, 15) is 4.79 Å². The fourth-order valence-electron chi connectivity index (χ4n) is 2.80. The van der Waals surface area contributed by atoms with E-state index in [0.29, 0.717) is 29.3 Å². The van der Waals surface area contributed by atoms with E-state index in [1.807, 2.05) is 48.5 Å². The number of hydrogen-bond acceptors (Lipinski definition) is 5. The van der Waals surface area contributed by atoms with Gasteiger partial charge in [0.05, 0.1) is 21.3 Å². The molecular formula is C23H24N2O4. The molecule has 0 radical (unpaired) electrons. The molecule has 150 valence electrons. The van der Waals surface area contributed by atoms with Crippen molar-refractivity contribution in [2.45, 2.75) is 6.54 Å². The summed E-state index contributed by atoms with van der Waals surface area (Å²) >= 11 is 0. The normalized spacial score (nSPS) is 10.2. The summed E-state index contributed by atoms with van der Waals surface area (Å²) in [6.07, 6.45) is 0. The Kier molecular flexibility index (Phi) is 6.58. The predicted molar refractivity (Wildman–Crippen MR) is 114 cm³/mol. The minimum atomic E-state index is -0.218. The van der Waals surface area contributed by atoms with E-state index < -0.39 is 0 Å². The first-order valence-corrected chi connectivity index (χ1v) is 9.13. The SMILES string of the molecule is COc1ccc(CNc2ccc(NC(=O)c3ccc(OC)c(OC)c3)cc2)cc1. The molecule has 0 bridgehead atoms. The van der Waals surface area contributed by atoms with Crippen molar-refractivity contribution in [3.8, 4) is 17.2 Å². The second-order valence-electron chi connectivity index (χ2n) is 6.30. The summed E-state index contributed by atoms with van der Waals surface area (Å²) in [6, 6.07) is 20.5. The van der Waals surface area contributed by atoms with Gasteiger partial charge in [0.1, 0.15) is 5.75 Å². The molecule has 6 nitrogen and oxygen atoms in total. The van der Waals surface area contributed by atoms with Crippen molar-refractivity contribution in [1.29, 1.82) is 0 Å². The van der Waals surface area contributed by atoms with E-state index in [0.717, 1.165) is 17.0 Å². The predicted octanol–water partition coefficient (Wildman–Crippen LogP) is 4.58. The molecule has 1 amide bonds. The maximum atomic E-state index is 12.5. The van der Waals surface area contributed by atoms with Gasteiger partial charge in [0.15, 0.2) is 11.5 Å². The molecule has 0 saturated heterocycles. The van der Waals surface area contributed by atoms with E-state index in [-0.39, 0.29) is 5.91 Å². The lowest BCUT2D eigenvalue weighted by atomic mass is 10.1. The molecule has 6 heteroatoms. The Bertz CT molecular complexity index is 954. The Morgan fingerprint density at radius 2 is 1.41 bits per heavy atom. The second kappa shape index (κ2) is 9.50. The number of amides is 1. The van der Waals surface area contributed by atoms with Crippen molar-refractivity contribution in [3.05, 3.63) is 77.9 Å². The third-order valence-electron chi connectivity index (χ3n) is 4.44. The van der Waals surface area contributed by atoms with Crippen LogP contribution in [0.15, 0.2) is 66.7 Å². The number of anilines is 2. The quantitative estimate of drug-likeness (QED) is 0.587. The number of nitrogens with one attached hydrogen (secondary N) is 2. The number of rotatable bonds is 8. The molecule has 0 aliphatic rings. The van der Waals surface area contributed by atoms with Crippen LogP contribution in [-0.4, -0.2) is 27.2 Å². The number of carbonyl (C=O) groups is 1. The van der Waals surface area contributed by atoms with Gasteiger partial charge < -0.3 is 24.8 Å². The Labute approximate surface area is 170 Å².